The van der Waals surface area contributed by atoms with Crippen molar-refractivity contribution in [2.45, 2.75) is 20.8 Å². The summed E-state index contributed by atoms with van der Waals surface area (Å²) in [6.07, 6.45) is 0. The molecule has 1 aromatic heterocycles. The smallest absolute Gasteiger partial charge is 0.245 e. The first kappa shape index (κ1) is 21.6. The molecule has 0 saturated heterocycles. The summed E-state index contributed by atoms with van der Waals surface area (Å²) in [6, 6.07) is 17.7. The van der Waals surface area contributed by atoms with Crippen molar-refractivity contribution in [2.24, 2.45) is 0 Å². The third kappa shape index (κ3) is 4.54. The molecular weight excluding hydrogens is 400 g/mol. The lowest BCUT2D eigenvalue weighted by Crippen LogP contribution is -2.38. The number of aryl methyl sites for hydroxylation is 2. The maximum Gasteiger partial charge on any atom is 0.245 e. The van der Waals surface area contributed by atoms with E-state index in [1.807, 2.05) is 75.4 Å². The second-order valence-electron chi connectivity index (χ2n) is 6.96. The van der Waals surface area contributed by atoms with Crippen LogP contribution in [0.25, 0.3) is 16.8 Å². The number of amides is 2. The molecule has 0 fully saturated rings. The van der Waals surface area contributed by atoms with Crippen LogP contribution in [0.1, 0.15) is 18.2 Å². The van der Waals surface area contributed by atoms with E-state index in [1.165, 1.54) is 4.90 Å². The number of hydrogen-bond acceptors (Lipinski definition) is 3. The highest BCUT2D eigenvalue weighted by Gasteiger charge is 2.22. The average molecular weight is 425 g/mol. The second kappa shape index (κ2) is 9.59. The lowest BCUT2D eigenvalue weighted by atomic mass is 10.1. The summed E-state index contributed by atoms with van der Waals surface area (Å²) >= 11 is 5.66. The zero-order valence-corrected chi connectivity index (χ0v) is 18.1. The van der Waals surface area contributed by atoms with Crippen molar-refractivity contribution in [1.82, 2.24) is 14.7 Å². The normalized spacial score (nSPS) is 10.7. The molecule has 30 heavy (non-hydrogen) atoms. The number of likely N-dealkylation sites (N-methyl/N-ethyl adjacent to an activating group) is 1. The van der Waals surface area contributed by atoms with Gasteiger partial charge in [0.15, 0.2) is 0 Å². The third-order valence-corrected chi connectivity index (χ3v) is 5.14. The number of nitrogens with zero attached hydrogens (tertiary/aromatic N) is 3. The lowest BCUT2D eigenvalue weighted by Gasteiger charge is -2.20. The van der Waals surface area contributed by atoms with Crippen LogP contribution in [0.15, 0.2) is 54.6 Å². The summed E-state index contributed by atoms with van der Waals surface area (Å²) in [4.78, 5) is 26.2. The monoisotopic (exact) mass is 424 g/mol. The number of aromatic nitrogens is 2. The molecule has 156 valence electrons. The van der Waals surface area contributed by atoms with E-state index in [4.69, 9.17) is 16.7 Å². The van der Waals surface area contributed by atoms with Gasteiger partial charge in [-0.1, -0.05) is 48.5 Å². The minimum atomic E-state index is -0.303. The zero-order chi connectivity index (χ0) is 21.7. The maximum atomic E-state index is 12.9. The van der Waals surface area contributed by atoms with Crippen LogP contribution < -0.4 is 5.32 Å². The van der Waals surface area contributed by atoms with Crippen molar-refractivity contribution in [2.75, 3.05) is 24.3 Å². The van der Waals surface area contributed by atoms with Crippen LogP contribution in [0.3, 0.4) is 0 Å². The highest BCUT2D eigenvalue weighted by Crippen LogP contribution is 2.34. The predicted octanol–water partition coefficient (Wildman–Crippen LogP) is 4.18. The summed E-state index contributed by atoms with van der Waals surface area (Å²) in [7, 11) is 0. The Bertz CT molecular complexity index is 1050. The molecule has 0 aliphatic heterocycles. The number of alkyl halides is 1. The van der Waals surface area contributed by atoms with Crippen LogP contribution in [-0.4, -0.2) is 45.5 Å². The van der Waals surface area contributed by atoms with E-state index in [9.17, 15) is 9.59 Å². The van der Waals surface area contributed by atoms with Crippen molar-refractivity contribution < 1.29 is 9.59 Å². The number of anilines is 1. The van der Waals surface area contributed by atoms with Crippen molar-refractivity contribution >= 4 is 29.2 Å². The molecule has 6 nitrogen and oxygen atoms in total. The first-order valence-corrected chi connectivity index (χ1v) is 10.3. The fourth-order valence-electron chi connectivity index (χ4n) is 3.37. The fourth-order valence-corrected chi connectivity index (χ4v) is 3.54. The van der Waals surface area contributed by atoms with Crippen LogP contribution in [0.2, 0.25) is 0 Å². The molecule has 2 amide bonds. The Morgan fingerprint density at radius 1 is 1.07 bits per heavy atom. The minimum absolute atomic E-state index is 0.0751. The molecule has 0 spiro atoms. The number of para-hydroxylation sites is 1. The zero-order valence-electron chi connectivity index (χ0n) is 17.4. The van der Waals surface area contributed by atoms with Crippen molar-refractivity contribution in [3.8, 4) is 16.8 Å². The standard InChI is InChI=1S/C23H25ClN4O2/c1-4-27(21(30)14-24)15-20(29)25-23-22(18-11-6-5-7-12-18)17(3)26-28(23)19-13-9-8-10-16(19)2/h5-13H,4,14-15H2,1-3H3,(H,25,29). The SMILES string of the molecule is CCN(CC(=O)Nc1c(-c2ccccc2)c(C)nn1-c1ccccc1C)C(=O)CCl. The quantitative estimate of drug-likeness (QED) is 0.578. The summed E-state index contributed by atoms with van der Waals surface area (Å²) in [5.74, 6) is -0.160. The number of carbonyl (C=O) groups excluding carboxylic acids is 2. The van der Waals surface area contributed by atoms with Gasteiger partial charge in [-0.3, -0.25) is 9.59 Å². The Labute approximate surface area is 181 Å². The second-order valence-corrected chi connectivity index (χ2v) is 7.23. The van der Waals surface area contributed by atoms with Gasteiger partial charge in [0.05, 0.1) is 17.9 Å². The van der Waals surface area contributed by atoms with Gasteiger partial charge in [-0.15, -0.1) is 11.6 Å². The molecule has 3 aromatic rings. The van der Waals surface area contributed by atoms with Gasteiger partial charge >= 0.3 is 0 Å². The molecule has 0 radical (unpaired) electrons. The van der Waals surface area contributed by atoms with E-state index in [0.717, 1.165) is 28.1 Å². The Balaban J connectivity index is 2.05. The largest absolute Gasteiger partial charge is 0.333 e. The van der Waals surface area contributed by atoms with Gasteiger partial charge in [0.2, 0.25) is 11.8 Å². The molecule has 3 rings (SSSR count). The molecule has 1 heterocycles. The van der Waals surface area contributed by atoms with Crippen molar-refractivity contribution in [3.05, 3.63) is 65.9 Å². The van der Waals surface area contributed by atoms with E-state index in [1.54, 1.807) is 4.68 Å². The number of nitrogens with one attached hydrogen (secondary N) is 1. The molecule has 0 atom stereocenters. The van der Waals surface area contributed by atoms with Crippen LogP contribution in [-0.2, 0) is 9.59 Å². The van der Waals surface area contributed by atoms with E-state index < -0.39 is 0 Å². The average Bonchev–Trinajstić information content (AvgIpc) is 3.07. The van der Waals surface area contributed by atoms with Gasteiger partial charge in [0.1, 0.15) is 11.7 Å². The molecule has 1 N–H and O–H groups in total. The van der Waals surface area contributed by atoms with Crippen molar-refractivity contribution in [1.29, 1.82) is 0 Å². The van der Waals surface area contributed by atoms with Gasteiger partial charge in [0.25, 0.3) is 0 Å². The van der Waals surface area contributed by atoms with Gasteiger partial charge in [-0.25, -0.2) is 4.68 Å². The highest BCUT2D eigenvalue weighted by molar-refractivity contribution is 6.27. The molecule has 2 aromatic carbocycles. The summed E-state index contributed by atoms with van der Waals surface area (Å²) in [6.45, 7) is 6.06. The summed E-state index contributed by atoms with van der Waals surface area (Å²) in [5.41, 5.74) is 4.50. The van der Waals surface area contributed by atoms with Crippen LogP contribution >= 0.6 is 11.6 Å². The first-order chi connectivity index (χ1) is 14.5. The van der Waals surface area contributed by atoms with Crippen LogP contribution in [0, 0.1) is 13.8 Å². The molecule has 0 aliphatic rings. The van der Waals surface area contributed by atoms with Crippen LogP contribution in [0.5, 0.6) is 0 Å². The number of halogens is 1. The first-order valence-electron chi connectivity index (χ1n) is 9.80. The van der Waals surface area contributed by atoms with Crippen LogP contribution in [0.4, 0.5) is 5.82 Å². The topological polar surface area (TPSA) is 67.2 Å². The molecule has 0 saturated carbocycles. The molecular formula is C23H25ClN4O2. The lowest BCUT2D eigenvalue weighted by molar-refractivity contribution is -0.132. The van der Waals surface area contributed by atoms with E-state index in [-0.39, 0.29) is 24.2 Å². The Hall–Kier alpha value is -3.12. The van der Waals surface area contributed by atoms with E-state index in [0.29, 0.717) is 12.4 Å². The molecule has 7 heteroatoms. The predicted molar refractivity (Wildman–Crippen MR) is 120 cm³/mol. The summed E-state index contributed by atoms with van der Waals surface area (Å²) < 4.78 is 1.75. The van der Waals surface area contributed by atoms with Crippen molar-refractivity contribution in [3.63, 3.8) is 0 Å². The minimum Gasteiger partial charge on any atom is -0.333 e. The van der Waals surface area contributed by atoms with Gasteiger partial charge < -0.3 is 10.2 Å². The van der Waals surface area contributed by atoms with Gasteiger partial charge in [-0.2, -0.15) is 5.10 Å². The molecule has 0 aliphatic carbocycles. The molecule has 0 unspecified atom stereocenters. The van der Waals surface area contributed by atoms with E-state index in [2.05, 4.69) is 5.32 Å². The number of rotatable bonds is 7. The highest BCUT2D eigenvalue weighted by atomic mass is 35.5. The third-order valence-electron chi connectivity index (χ3n) is 4.91. The molecule has 0 bridgehead atoms. The number of hydrogen-bond donors (Lipinski definition) is 1. The Kier molecular flexibility index (Phi) is 6.90. The Morgan fingerprint density at radius 2 is 1.73 bits per heavy atom. The maximum absolute atomic E-state index is 12.9. The van der Waals surface area contributed by atoms with Gasteiger partial charge in [0, 0.05) is 12.1 Å². The fraction of sp³-hybridized carbons (Fsp3) is 0.261. The van der Waals surface area contributed by atoms with E-state index >= 15 is 0 Å². The number of benzene rings is 2. The van der Waals surface area contributed by atoms with Gasteiger partial charge in [-0.05, 0) is 38.0 Å². The summed E-state index contributed by atoms with van der Waals surface area (Å²) in [5, 5.41) is 7.71. The number of carbonyl (C=O) groups is 2. The Morgan fingerprint density at radius 3 is 2.37 bits per heavy atom.